The predicted octanol–water partition coefficient (Wildman–Crippen LogP) is 3.14. The van der Waals surface area contributed by atoms with E-state index < -0.39 is 0 Å². The third kappa shape index (κ3) is 6.69. The predicted molar refractivity (Wildman–Crippen MR) is 67.2 cm³/mol. The minimum absolute atomic E-state index is 0.268. The summed E-state index contributed by atoms with van der Waals surface area (Å²) < 4.78 is 5.64. The van der Waals surface area contributed by atoms with Crippen molar-refractivity contribution in [3.8, 4) is 0 Å². The third-order valence-electron chi connectivity index (χ3n) is 2.66. The highest BCUT2D eigenvalue weighted by Gasteiger charge is 2.16. The van der Waals surface area contributed by atoms with Crippen LogP contribution in [0.1, 0.15) is 47.0 Å². The minimum Gasteiger partial charge on any atom is -0.377 e. The van der Waals surface area contributed by atoms with E-state index in [1.807, 2.05) is 6.92 Å². The summed E-state index contributed by atoms with van der Waals surface area (Å²) in [4.78, 5) is 0. The van der Waals surface area contributed by atoms with Crippen LogP contribution in [0.5, 0.6) is 0 Å². The summed E-state index contributed by atoms with van der Waals surface area (Å²) >= 11 is 0. The third-order valence-corrected chi connectivity index (χ3v) is 2.66. The summed E-state index contributed by atoms with van der Waals surface area (Å²) in [5, 5.41) is 3.53. The Morgan fingerprint density at radius 1 is 1.33 bits per heavy atom. The van der Waals surface area contributed by atoms with Gasteiger partial charge in [0.05, 0.1) is 6.10 Å². The normalized spacial score (nSPS) is 14.9. The van der Waals surface area contributed by atoms with Crippen LogP contribution in [0.2, 0.25) is 0 Å². The summed E-state index contributed by atoms with van der Waals surface area (Å²) in [6.45, 7) is 14.4. The first-order valence-corrected chi connectivity index (χ1v) is 6.17. The lowest BCUT2D eigenvalue weighted by molar-refractivity contribution is 0.0475. The molecule has 0 rings (SSSR count). The Labute approximate surface area is 95.1 Å². The van der Waals surface area contributed by atoms with Crippen LogP contribution in [-0.2, 0) is 4.74 Å². The van der Waals surface area contributed by atoms with E-state index in [0.29, 0.717) is 6.04 Å². The van der Waals surface area contributed by atoms with Gasteiger partial charge in [0.2, 0.25) is 0 Å². The molecule has 0 spiro atoms. The van der Waals surface area contributed by atoms with Gasteiger partial charge in [-0.3, -0.25) is 0 Å². The van der Waals surface area contributed by atoms with Crippen molar-refractivity contribution in [2.45, 2.75) is 59.1 Å². The molecule has 2 heteroatoms. The summed E-state index contributed by atoms with van der Waals surface area (Å²) in [6.07, 6.45) is 3.51. The fourth-order valence-electron chi connectivity index (χ4n) is 1.57. The quantitative estimate of drug-likeness (QED) is 0.594. The smallest absolute Gasteiger partial charge is 0.0702 e. The van der Waals surface area contributed by atoms with E-state index in [9.17, 15) is 0 Å². The van der Waals surface area contributed by atoms with E-state index >= 15 is 0 Å². The zero-order chi connectivity index (χ0) is 11.7. The molecule has 0 aliphatic rings. The van der Waals surface area contributed by atoms with Gasteiger partial charge in [-0.1, -0.05) is 26.0 Å². The van der Waals surface area contributed by atoms with Gasteiger partial charge in [0.1, 0.15) is 0 Å². The molecule has 0 aromatic carbocycles. The average Bonchev–Trinajstić information content (AvgIpc) is 2.24. The Morgan fingerprint density at radius 2 is 2.00 bits per heavy atom. The van der Waals surface area contributed by atoms with Crippen LogP contribution < -0.4 is 5.32 Å². The van der Waals surface area contributed by atoms with Crippen molar-refractivity contribution in [1.82, 2.24) is 5.32 Å². The minimum atomic E-state index is 0.268. The average molecular weight is 213 g/mol. The van der Waals surface area contributed by atoms with Gasteiger partial charge >= 0.3 is 0 Å². The van der Waals surface area contributed by atoms with Crippen LogP contribution in [-0.4, -0.2) is 25.3 Å². The molecule has 15 heavy (non-hydrogen) atoms. The van der Waals surface area contributed by atoms with Crippen molar-refractivity contribution in [2.75, 3.05) is 13.2 Å². The monoisotopic (exact) mass is 213 g/mol. The SMILES string of the molecule is C=C(CC)CC(NCCC)C(C)OCC. The number of hydrogen-bond acceptors (Lipinski definition) is 2. The van der Waals surface area contributed by atoms with Crippen molar-refractivity contribution in [1.29, 1.82) is 0 Å². The Morgan fingerprint density at radius 3 is 2.47 bits per heavy atom. The van der Waals surface area contributed by atoms with Crippen LogP contribution in [0.4, 0.5) is 0 Å². The van der Waals surface area contributed by atoms with Gasteiger partial charge in [0.15, 0.2) is 0 Å². The molecule has 0 saturated carbocycles. The first-order valence-electron chi connectivity index (χ1n) is 6.17. The van der Waals surface area contributed by atoms with Gasteiger partial charge in [-0.15, -0.1) is 0 Å². The second kappa shape index (κ2) is 8.93. The fraction of sp³-hybridized carbons (Fsp3) is 0.846. The summed E-state index contributed by atoms with van der Waals surface area (Å²) in [5.41, 5.74) is 1.30. The molecule has 0 saturated heterocycles. The van der Waals surface area contributed by atoms with Gasteiger partial charge < -0.3 is 10.1 Å². The van der Waals surface area contributed by atoms with E-state index in [2.05, 4.69) is 32.7 Å². The van der Waals surface area contributed by atoms with E-state index in [1.165, 1.54) is 5.57 Å². The first kappa shape index (κ1) is 14.7. The fourth-order valence-corrected chi connectivity index (χ4v) is 1.57. The second-order valence-corrected chi connectivity index (χ2v) is 4.03. The molecular weight excluding hydrogens is 186 g/mol. The molecule has 0 aliphatic carbocycles. The molecule has 0 aliphatic heterocycles. The molecule has 0 aromatic heterocycles. The van der Waals surface area contributed by atoms with E-state index in [0.717, 1.165) is 32.4 Å². The molecule has 2 nitrogen and oxygen atoms in total. The molecule has 0 radical (unpaired) electrons. The Bertz CT molecular complexity index is 168. The topological polar surface area (TPSA) is 21.3 Å². The van der Waals surface area contributed by atoms with Crippen LogP contribution >= 0.6 is 0 Å². The second-order valence-electron chi connectivity index (χ2n) is 4.03. The highest BCUT2D eigenvalue weighted by molar-refractivity contribution is 4.98. The van der Waals surface area contributed by atoms with E-state index in [-0.39, 0.29) is 6.10 Å². The van der Waals surface area contributed by atoms with Crippen molar-refractivity contribution >= 4 is 0 Å². The maximum atomic E-state index is 5.64. The van der Waals surface area contributed by atoms with Gasteiger partial charge in [0.25, 0.3) is 0 Å². The van der Waals surface area contributed by atoms with Crippen LogP contribution in [0, 0.1) is 0 Å². The van der Waals surface area contributed by atoms with E-state index in [4.69, 9.17) is 4.74 Å². The van der Waals surface area contributed by atoms with Gasteiger partial charge in [0, 0.05) is 12.6 Å². The molecule has 0 amide bonds. The van der Waals surface area contributed by atoms with Crippen LogP contribution in [0.25, 0.3) is 0 Å². The van der Waals surface area contributed by atoms with Gasteiger partial charge in [-0.05, 0) is 39.7 Å². The molecule has 0 heterocycles. The maximum Gasteiger partial charge on any atom is 0.0702 e. The first-order chi connectivity index (χ1) is 7.15. The molecule has 0 bridgehead atoms. The summed E-state index contributed by atoms with van der Waals surface area (Å²) in [5.74, 6) is 0. The number of rotatable bonds is 9. The summed E-state index contributed by atoms with van der Waals surface area (Å²) in [7, 11) is 0. The zero-order valence-corrected chi connectivity index (χ0v) is 10.8. The van der Waals surface area contributed by atoms with Crippen LogP contribution in [0.3, 0.4) is 0 Å². The molecule has 2 unspecified atom stereocenters. The molecule has 2 atom stereocenters. The summed E-state index contributed by atoms with van der Waals surface area (Å²) in [6, 6.07) is 0.414. The molecule has 0 aromatic rings. The maximum absolute atomic E-state index is 5.64. The molecule has 1 N–H and O–H groups in total. The van der Waals surface area contributed by atoms with Crippen molar-refractivity contribution in [2.24, 2.45) is 0 Å². The van der Waals surface area contributed by atoms with Crippen molar-refractivity contribution in [3.63, 3.8) is 0 Å². The number of hydrogen-bond donors (Lipinski definition) is 1. The lowest BCUT2D eigenvalue weighted by atomic mass is 10.0. The standard InChI is InChI=1S/C13H27NO/c1-6-9-14-13(10-11(4)7-2)12(5)15-8-3/h12-14H,4,6-10H2,1-3,5H3. The highest BCUT2D eigenvalue weighted by atomic mass is 16.5. The lowest BCUT2D eigenvalue weighted by Crippen LogP contribution is -2.40. The van der Waals surface area contributed by atoms with Crippen LogP contribution in [0.15, 0.2) is 12.2 Å². The Kier molecular flexibility index (Phi) is 8.73. The van der Waals surface area contributed by atoms with E-state index in [1.54, 1.807) is 0 Å². The van der Waals surface area contributed by atoms with Gasteiger partial charge in [-0.25, -0.2) is 0 Å². The lowest BCUT2D eigenvalue weighted by Gasteiger charge is -2.25. The number of ether oxygens (including phenoxy) is 1. The van der Waals surface area contributed by atoms with Crippen molar-refractivity contribution in [3.05, 3.63) is 12.2 Å². The Balaban J connectivity index is 4.09. The van der Waals surface area contributed by atoms with Gasteiger partial charge in [-0.2, -0.15) is 0 Å². The molecule has 90 valence electrons. The highest BCUT2D eigenvalue weighted by Crippen LogP contribution is 2.12. The molecule has 0 fully saturated rings. The number of nitrogens with one attached hydrogen (secondary N) is 1. The Hall–Kier alpha value is -0.340. The zero-order valence-electron chi connectivity index (χ0n) is 10.8. The molecular formula is C13H27NO. The van der Waals surface area contributed by atoms with Crippen molar-refractivity contribution < 1.29 is 4.74 Å². The largest absolute Gasteiger partial charge is 0.377 e.